The molecule has 0 aromatic heterocycles. The van der Waals surface area contributed by atoms with E-state index in [-0.39, 0.29) is 29.6 Å². The van der Waals surface area contributed by atoms with Crippen LogP contribution in [0.2, 0.25) is 0 Å². The van der Waals surface area contributed by atoms with Crippen LogP contribution in [0, 0.1) is 0 Å². The van der Waals surface area contributed by atoms with Gasteiger partial charge in [0.25, 0.3) is 0 Å². The molecule has 0 saturated heterocycles. The van der Waals surface area contributed by atoms with Crippen LogP contribution in [0.1, 0.15) is 0 Å². The van der Waals surface area contributed by atoms with Gasteiger partial charge in [0.1, 0.15) is 0 Å². The molecule has 0 aliphatic carbocycles. The summed E-state index contributed by atoms with van der Waals surface area (Å²) in [5, 5.41) is 0. The largest absolute Gasteiger partial charge is 1.00 e. The SMILES string of the molecule is O=S([O-])CCS(=O)(=O)C(F)(F)F.[Na+]. The first-order valence-corrected chi connectivity index (χ1v) is 5.41. The molecule has 4 nitrogen and oxygen atoms in total. The van der Waals surface area contributed by atoms with Gasteiger partial charge in [-0.1, -0.05) is 11.1 Å². The van der Waals surface area contributed by atoms with E-state index in [0.717, 1.165) is 0 Å². The fraction of sp³-hybridized carbons (Fsp3) is 1.00. The van der Waals surface area contributed by atoms with Gasteiger partial charge in [-0.05, 0) is 0 Å². The maximum atomic E-state index is 11.5. The first kappa shape index (κ1) is 16.3. The monoisotopic (exact) mass is 248 g/mol. The first-order chi connectivity index (χ1) is 5.17. The smallest absolute Gasteiger partial charge is 0.772 e. The fourth-order valence-corrected chi connectivity index (χ4v) is 1.95. The van der Waals surface area contributed by atoms with Crippen LogP contribution >= 0.6 is 0 Å². The van der Waals surface area contributed by atoms with Crippen LogP contribution in [-0.4, -0.2) is 34.2 Å². The summed E-state index contributed by atoms with van der Waals surface area (Å²) >= 11 is -2.78. The van der Waals surface area contributed by atoms with Crippen molar-refractivity contribution in [2.24, 2.45) is 0 Å². The van der Waals surface area contributed by atoms with E-state index in [1.54, 1.807) is 0 Å². The number of hydrogen-bond donors (Lipinski definition) is 0. The summed E-state index contributed by atoms with van der Waals surface area (Å²) in [5.41, 5.74) is -5.37. The second-order valence-corrected chi connectivity index (χ2v) is 4.89. The third-order valence-electron chi connectivity index (χ3n) is 0.871. The molecule has 74 valence electrons. The fourth-order valence-electron chi connectivity index (χ4n) is 0.293. The minimum Gasteiger partial charge on any atom is -0.772 e. The summed E-state index contributed by atoms with van der Waals surface area (Å²) < 4.78 is 74.3. The van der Waals surface area contributed by atoms with Crippen LogP contribution in [0.15, 0.2) is 0 Å². The van der Waals surface area contributed by atoms with E-state index < -0.39 is 37.9 Å². The van der Waals surface area contributed by atoms with Gasteiger partial charge in [-0.15, -0.1) is 0 Å². The third-order valence-corrected chi connectivity index (χ3v) is 3.11. The minimum atomic E-state index is -5.37. The Bertz CT molecular complexity index is 271. The van der Waals surface area contributed by atoms with Crippen LogP contribution in [0.25, 0.3) is 0 Å². The normalized spacial score (nSPS) is 14.8. The molecular formula is C3H4F3NaO4S2. The van der Waals surface area contributed by atoms with Crippen LogP contribution in [0.5, 0.6) is 0 Å². The van der Waals surface area contributed by atoms with Crippen molar-refractivity contribution in [3.05, 3.63) is 0 Å². The van der Waals surface area contributed by atoms with E-state index in [1.165, 1.54) is 0 Å². The standard InChI is InChI=1S/C3H5F3O4S2.Na/c4-3(5,6)12(9,10)2-1-11(7)8;/h1-2H2,(H,7,8);/q;+1/p-1. The predicted octanol–water partition coefficient (Wildman–Crippen LogP) is -3.20. The van der Waals surface area contributed by atoms with Crippen molar-refractivity contribution < 1.29 is 59.9 Å². The summed E-state index contributed by atoms with van der Waals surface area (Å²) in [6.45, 7) is 0. The van der Waals surface area contributed by atoms with E-state index in [0.29, 0.717) is 0 Å². The van der Waals surface area contributed by atoms with E-state index >= 15 is 0 Å². The zero-order chi connectivity index (χ0) is 9.99. The zero-order valence-corrected chi connectivity index (χ0v) is 10.1. The Hall–Kier alpha value is 0.850. The number of hydrogen-bond acceptors (Lipinski definition) is 4. The summed E-state index contributed by atoms with van der Waals surface area (Å²) in [5.74, 6) is -2.46. The molecule has 0 rings (SSSR count). The molecule has 0 aromatic carbocycles. The Morgan fingerprint density at radius 2 is 1.69 bits per heavy atom. The van der Waals surface area contributed by atoms with Crippen LogP contribution in [0.3, 0.4) is 0 Å². The average molecular weight is 248 g/mol. The molecule has 0 radical (unpaired) electrons. The van der Waals surface area contributed by atoms with Crippen molar-refractivity contribution in [3.8, 4) is 0 Å². The van der Waals surface area contributed by atoms with E-state index in [4.69, 9.17) is 0 Å². The van der Waals surface area contributed by atoms with Gasteiger partial charge in [0, 0.05) is 5.75 Å². The Balaban J connectivity index is 0. The van der Waals surface area contributed by atoms with E-state index in [9.17, 15) is 30.4 Å². The molecule has 0 aliphatic rings. The maximum absolute atomic E-state index is 11.5. The van der Waals surface area contributed by atoms with Crippen molar-refractivity contribution >= 4 is 20.9 Å². The van der Waals surface area contributed by atoms with Gasteiger partial charge >= 0.3 is 35.1 Å². The molecule has 1 unspecified atom stereocenters. The summed E-state index contributed by atoms with van der Waals surface area (Å²) in [6.07, 6.45) is 0. The van der Waals surface area contributed by atoms with E-state index in [1.807, 2.05) is 0 Å². The van der Waals surface area contributed by atoms with Crippen molar-refractivity contribution in [1.29, 1.82) is 0 Å². The van der Waals surface area contributed by atoms with Gasteiger partial charge in [-0.2, -0.15) is 13.2 Å². The van der Waals surface area contributed by atoms with Crippen LogP contribution in [0.4, 0.5) is 13.2 Å². The maximum Gasteiger partial charge on any atom is 1.00 e. The summed E-state index contributed by atoms with van der Waals surface area (Å²) in [4.78, 5) is 0. The van der Waals surface area contributed by atoms with Crippen molar-refractivity contribution in [2.75, 3.05) is 11.5 Å². The molecule has 0 spiro atoms. The van der Waals surface area contributed by atoms with Crippen LogP contribution in [-0.2, 0) is 20.9 Å². The minimum absolute atomic E-state index is 0. The Morgan fingerprint density at radius 3 is 1.92 bits per heavy atom. The molecule has 0 saturated carbocycles. The van der Waals surface area contributed by atoms with Crippen LogP contribution < -0.4 is 29.6 Å². The van der Waals surface area contributed by atoms with Gasteiger partial charge in [-0.25, -0.2) is 8.42 Å². The summed E-state index contributed by atoms with van der Waals surface area (Å²) in [6, 6.07) is 0. The second kappa shape index (κ2) is 5.66. The average Bonchev–Trinajstić information content (AvgIpc) is 1.81. The predicted molar refractivity (Wildman–Crippen MR) is 33.6 cm³/mol. The second-order valence-electron chi connectivity index (χ2n) is 1.77. The number of sulfone groups is 1. The van der Waals surface area contributed by atoms with Crippen molar-refractivity contribution in [3.63, 3.8) is 0 Å². The molecule has 0 aliphatic heterocycles. The number of alkyl halides is 3. The quantitative estimate of drug-likeness (QED) is 0.389. The third kappa shape index (κ3) is 6.02. The number of rotatable bonds is 3. The Kier molecular flexibility index (Phi) is 7.09. The molecule has 13 heavy (non-hydrogen) atoms. The molecule has 10 heteroatoms. The molecule has 0 aromatic rings. The van der Waals surface area contributed by atoms with E-state index in [2.05, 4.69) is 0 Å². The molecule has 0 N–H and O–H groups in total. The van der Waals surface area contributed by atoms with Crippen molar-refractivity contribution in [2.45, 2.75) is 5.51 Å². The van der Waals surface area contributed by atoms with Gasteiger partial charge in [-0.3, -0.25) is 4.21 Å². The molecule has 0 amide bonds. The first-order valence-electron chi connectivity index (χ1n) is 2.52. The van der Waals surface area contributed by atoms with Gasteiger partial charge in [0.05, 0.1) is 5.75 Å². The molecule has 1 atom stereocenters. The molecule has 0 heterocycles. The number of halogens is 3. The van der Waals surface area contributed by atoms with Gasteiger partial charge < -0.3 is 4.55 Å². The Labute approximate surface area is 97.4 Å². The molecule has 0 bridgehead atoms. The van der Waals surface area contributed by atoms with Gasteiger partial charge in [0.2, 0.25) is 9.84 Å². The zero-order valence-electron chi connectivity index (χ0n) is 6.50. The molecule has 0 fully saturated rings. The van der Waals surface area contributed by atoms with Crippen molar-refractivity contribution in [1.82, 2.24) is 0 Å². The summed E-state index contributed by atoms with van der Waals surface area (Å²) in [7, 11) is -5.29. The molecular weight excluding hydrogens is 244 g/mol. The van der Waals surface area contributed by atoms with Gasteiger partial charge in [0.15, 0.2) is 0 Å². The Morgan fingerprint density at radius 1 is 1.31 bits per heavy atom. The topological polar surface area (TPSA) is 74.3 Å².